The number of halogens is 1. The Balaban J connectivity index is 0.00000289. The highest BCUT2D eigenvalue weighted by atomic mass is 35.5. The fraction of sp³-hybridized carbons (Fsp3) is 0.556. The summed E-state index contributed by atoms with van der Waals surface area (Å²) in [5, 5.41) is 17.9. The van der Waals surface area contributed by atoms with Gasteiger partial charge >= 0.3 is 11.9 Å². The van der Waals surface area contributed by atoms with E-state index in [-0.39, 0.29) is 38.1 Å². The number of nitrogens with one attached hydrogen (secondary N) is 1. The number of amides is 2. The van der Waals surface area contributed by atoms with E-state index in [4.69, 9.17) is 10.2 Å². The van der Waals surface area contributed by atoms with Crippen LogP contribution >= 0.6 is 12.4 Å². The first-order valence-electron chi connectivity index (χ1n) is 4.98. The quantitative estimate of drug-likeness (QED) is 0.554. The van der Waals surface area contributed by atoms with Gasteiger partial charge in [0.05, 0.1) is 0 Å². The molecule has 0 aromatic carbocycles. The summed E-state index contributed by atoms with van der Waals surface area (Å²) in [4.78, 5) is 43.6. The molecule has 0 spiro atoms. The lowest BCUT2D eigenvalue weighted by Gasteiger charge is -2.20. The van der Waals surface area contributed by atoms with Crippen molar-refractivity contribution in [2.24, 2.45) is 0 Å². The van der Waals surface area contributed by atoms with Gasteiger partial charge in [-0.15, -0.1) is 12.4 Å². The molecule has 3 N–H and O–H groups in total. The molecule has 1 aliphatic rings. The van der Waals surface area contributed by atoms with Crippen molar-refractivity contribution in [1.82, 2.24) is 10.4 Å². The van der Waals surface area contributed by atoms with Crippen molar-refractivity contribution in [2.45, 2.75) is 31.7 Å². The third-order valence-electron chi connectivity index (χ3n) is 2.28. The summed E-state index contributed by atoms with van der Waals surface area (Å²) < 4.78 is 0. The SMILES string of the molecule is Cl.O=C(O)CC[C@H](NN1C(=O)CCC1=O)C(=O)O. The fourth-order valence-corrected chi connectivity index (χ4v) is 1.39. The minimum absolute atomic E-state index is 0. The van der Waals surface area contributed by atoms with E-state index in [1.165, 1.54) is 0 Å². The number of aliphatic carboxylic acids is 2. The monoisotopic (exact) mass is 280 g/mol. The average molecular weight is 281 g/mol. The van der Waals surface area contributed by atoms with Crippen molar-refractivity contribution < 1.29 is 29.4 Å². The Hall–Kier alpha value is -1.67. The molecule has 1 saturated heterocycles. The minimum Gasteiger partial charge on any atom is -0.481 e. The average Bonchev–Trinajstić information content (AvgIpc) is 2.53. The number of carbonyl (C=O) groups excluding carboxylic acids is 2. The van der Waals surface area contributed by atoms with Crippen LogP contribution < -0.4 is 5.43 Å². The van der Waals surface area contributed by atoms with Gasteiger partial charge in [-0.05, 0) is 6.42 Å². The van der Waals surface area contributed by atoms with Crippen LogP contribution in [0.1, 0.15) is 25.7 Å². The lowest BCUT2D eigenvalue weighted by atomic mass is 10.2. The van der Waals surface area contributed by atoms with Crippen molar-refractivity contribution in [3.05, 3.63) is 0 Å². The number of carboxylic acid groups (broad SMARTS) is 2. The summed E-state index contributed by atoms with van der Waals surface area (Å²) in [6.07, 6.45) is -0.490. The number of carboxylic acids is 2. The normalized spacial score (nSPS) is 16.3. The van der Waals surface area contributed by atoms with Gasteiger partial charge in [-0.2, -0.15) is 0 Å². The zero-order valence-electron chi connectivity index (χ0n) is 9.29. The molecule has 102 valence electrons. The summed E-state index contributed by atoms with van der Waals surface area (Å²) in [6, 6.07) is -1.27. The molecule has 2 amide bonds. The van der Waals surface area contributed by atoms with Gasteiger partial charge in [0.2, 0.25) is 11.8 Å². The van der Waals surface area contributed by atoms with E-state index in [0.717, 1.165) is 0 Å². The smallest absolute Gasteiger partial charge is 0.322 e. The third kappa shape index (κ3) is 4.30. The highest BCUT2D eigenvalue weighted by Gasteiger charge is 2.32. The van der Waals surface area contributed by atoms with E-state index in [2.05, 4.69) is 5.43 Å². The Morgan fingerprint density at radius 2 is 1.72 bits per heavy atom. The number of hydrogen-bond donors (Lipinski definition) is 3. The highest BCUT2D eigenvalue weighted by Crippen LogP contribution is 2.10. The lowest BCUT2D eigenvalue weighted by molar-refractivity contribution is -0.147. The van der Waals surface area contributed by atoms with Crippen molar-refractivity contribution in [2.75, 3.05) is 0 Å². The van der Waals surface area contributed by atoms with Gasteiger partial charge in [0.15, 0.2) is 0 Å². The van der Waals surface area contributed by atoms with Crippen LogP contribution in [0.25, 0.3) is 0 Å². The highest BCUT2D eigenvalue weighted by molar-refractivity contribution is 6.01. The van der Waals surface area contributed by atoms with Crippen LogP contribution in [-0.2, 0) is 19.2 Å². The molecule has 0 aliphatic carbocycles. The molecule has 0 saturated carbocycles. The second kappa shape index (κ2) is 6.92. The Morgan fingerprint density at radius 3 is 2.11 bits per heavy atom. The molecular formula is C9H13ClN2O6. The van der Waals surface area contributed by atoms with Crippen molar-refractivity contribution >= 4 is 36.2 Å². The first kappa shape index (κ1) is 16.3. The lowest BCUT2D eigenvalue weighted by Crippen LogP contribution is -2.51. The van der Waals surface area contributed by atoms with E-state index < -0.39 is 29.8 Å². The van der Waals surface area contributed by atoms with Crippen LogP contribution in [0.15, 0.2) is 0 Å². The molecule has 0 radical (unpaired) electrons. The fourth-order valence-electron chi connectivity index (χ4n) is 1.39. The maximum atomic E-state index is 11.2. The van der Waals surface area contributed by atoms with E-state index in [0.29, 0.717) is 5.01 Å². The van der Waals surface area contributed by atoms with Gasteiger partial charge in [0, 0.05) is 19.3 Å². The van der Waals surface area contributed by atoms with E-state index >= 15 is 0 Å². The second-order valence-corrected chi connectivity index (χ2v) is 3.58. The molecule has 1 fully saturated rings. The molecular weight excluding hydrogens is 268 g/mol. The Kier molecular flexibility index (Phi) is 6.28. The van der Waals surface area contributed by atoms with Crippen LogP contribution in [0.5, 0.6) is 0 Å². The van der Waals surface area contributed by atoms with Crippen molar-refractivity contribution in [3.63, 3.8) is 0 Å². The second-order valence-electron chi connectivity index (χ2n) is 3.58. The molecule has 0 aromatic heterocycles. The summed E-state index contributed by atoms with van der Waals surface area (Å²) >= 11 is 0. The summed E-state index contributed by atoms with van der Waals surface area (Å²) in [5.41, 5.74) is 2.24. The molecule has 0 aromatic rings. The Morgan fingerprint density at radius 1 is 1.22 bits per heavy atom. The molecule has 0 bridgehead atoms. The van der Waals surface area contributed by atoms with Crippen LogP contribution in [0, 0.1) is 0 Å². The molecule has 1 atom stereocenters. The predicted octanol–water partition coefficient (Wildman–Crippen LogP) is -0.620. The zero-order valence-corrected chi connectivity index (χ0v) is 10.1. The first-order chi connectivity index (χ1) is 7.91. The first-order valence-corrected chi connectivity index (χ1v) is 4.98. The maximum absolute atomic E-state index is 11.2. The summed E-state index contributed by atoms with van der Waals surface area (Å²) in [6.45, 7) is 0. The Bertz CT molecular complexity index is 356. The number of nitrogens with zero attached hydrogens (tertiary/aromatic N) is 1. The topological polar surface area (TPSA) is 124 Å². The van der Waals surface area contributed by atoms with Gasteiger partial charge in [0.1, 0.15) is 6.04 Å². The minimum atomic E-state index is -1.31. The molecule has 1 heterocycles. The van der Waals surface area contributed by atoms with E-state index in [9.17, 15) is 19.2 Å². The number of rotatable bonds is 6. The van der Waals surface area contributed by atoms with Crippen LogP contribution in [0.2, 0.25) is 0 Å². The van der Waals surface area contributed by atoms with E-state index in [1.54, 1.807) is 0 Å². The van der Waals surface area contributed by atoms with Crippen molar-refractivity contribution in [1.29, 1.82) is 0 Å². The van der Waals surface area contributed by atoms with Gasteiger partial charge in [-0.1, -0.05) is 0 Å². The van der Waals surface area contributed by atoms with E-state index in [1.807, 2.05) is 0 Å². The number of carbonyl (C=O) groups is 4. The van der Waals surface area contributed by atoms with Crippen molar-refractivity contribution in [3.8, 4) is 0 Å². The molecule has 1 rings (SSSR count). The van der Waals surface area contributed by atoms with Gasteiger partial charge in [-0.3, -0.25) is 19.2 Å². The van der Waals surface area contributed by atoms with Crippen LogP contribution in [0.3, 0.4) is 0 Å². The number of imide groups is 1. The summed E-state index contributed by atoms with van der Waals surface area (Å²) in [7, 11) is 0. The van der Waals surface area contributed by atoms with Gasteiger partial charge in [-0.25, -0.2) is 10.4 Å². The molecule has 9 heteroatoms. The number of hydrogen-bond acceptors (Lipinski definition) is 5. The predicted molar refractivity (Wildman–Crippen MR) is 59.8 cm³/mol. The molecule has 18 heavy (non-hydrogen) atoms. The Labute approximate surface area is 108 Å². The largest absolute Gasteiger partial charge is 0.481 e. The van der Waals surface area contributed by atoms with Gasteiger partial charge < -0.3 is 10.2 Å². The van der Waals surface area contributed by atoms with Gasteiger partial charge in [0.25, 0.3) is 0 Å². The molecule has 1 aliphatic heterocycles. The maximum Gasteiger partial charge on any atom is 0.322 e. The zero-order chi connectivity index (χ0) is 13.0. The third-order valence-corrected chi connectivity index (χ3v) is 2.28. The standard InChI is InChI=1S/C9H12N2O6.ClH/c12-6-2-3-7(13)11(6)10-5(9(16)17)1-4-8(14)15;/h5,10H,1-4H2,(H,14,15)(H,16,17);1H/t5-;/m0./s1. The number of hydrazine groups is 1. The molecule has 0 unspecified atom stereocenters. The van der Waals surface area contributed by atoms with Crippen LogP contribution in [-0.4, -0.2) is 45.0 Å². The molecule has 8 nitrogen and oxygen atoms in total. The van der Waals surface area contributed by atoms with Crippen LogP contribution in [0.4, 0.5) is 0 Å². The summed E-state index contributed by atoms with van der Waals surface area (Å²) in [5.74, 6) is -3.45.